The summed E-state index contributed by atoms with van der Waals surface area (Å²) in [4.78, 5) is 3.91. The van der Waals surface area contributed by atoms with Gasteiger partial charge in [0.15, 0.2) is 5.13 Å². The highest BCUT2D eigenvalue weighted by atomic mass is 32.2. The number of nitrogens with zero attached hydrogens (tertiary/aromatic N) is 2. The van der Waals surface area contributed by atoms with Gasteiger partial charge < -0.3 is 9.47 Å². The van der Waals surface area contributed by atoms with Crippen LogP contribution in [-0.4, -0.2) is 19.2 Å². The summed E-state index contributed by atoms with van der Waals surface area (Å²) in [5.74, 6) is -1.72. The number of benzene rings is 2. The number of thiazole rings is 1. The Balaban J connectivity index is 1.95. The normalized spacial score (nSPS) is 10.7. The molecule has 0 amide bonds. The largest absolute Gasteiger partial charge is 0.497 e. The molecule has 0 unspecified atom stereocenters. The summed E-state index contributed by atoms with van der Waals surface area (Å²) in [5, 5.41) is 2.30. The third-order valence-corrected chi connectivity index (χ3v) is 5.61. The molecule has 0 spiro atoms. The predicted molar refractivity (Wildman–Crippen MR) is 100 cm³/mol. The number of hydrogen-bond donors (Lipinski definition) is 0. The molecular weight excluding hydrogens is 397 g/mol. The van der Waals surface area contributed by atoms with Gasteiger partial charge >= 0.3 is 0 Å². The molecule has 9 heteroatoms. The highest BCUT2D eigenvalue weighted by Gasteiger charge is 2.20. The molecule has 0 fully saturated rings. The fourth-order valence-electron chi connectivity index (χ4n) is 2.34. The Bertz CT molecular complexity index is 900. The highest BCUT2D eigenvalue weighted by Crippen LogP contribution is 2.37. The van der Waals surface area contributed by atoms with E-state index in [0.717, 1.165) is 17.5 Å². The van der Waals surface area contributed by atoms with Crippen LogP contribution < -0.4 is 13.8 Å². The van der Waals surface area contributed by atoms with Crippen molar-refractivity contribution < 1.29 is 22.6 Å². The van der Waals surface area contributed by atoms with Gasteiger partial charge in [-0.25, -0.2) is 18.2 Å². The zero-order valence-corrected chi connectivity index (χ0v) is 16.0. The van der Waals surface area contributed by atoms with Crippen molar-refractivity contribution in [3.63, 3.8) is 0 Å². The SMILES string of the molecule is COc1ccc(CN(Sc2c(F)cc(F)cc2F)c2nccs2)c(OC)c1. The molecule has 27 heavy (non-hydrogen) atoms. The van der Waals surface area contributed by atoms with Gasteiger partial charge in [0, 0.05) is 35.3 Å². The highest BCUT2D eigenvalue weighted by molar-refractivity contribution is 8.00. The Morgan fingerprint density at radius 2 is 1.81 bits per heavy atom. The minimum absolute atomic E-state index is 0.252. The first-order valence-corrected chi connectivity index (χ1v) is 9.37. The molecule has 142 valence electrons. The van der Waals surface area contributed by atoms with Crippen molar-refractivity contribution in [2.45, 2.75) is 11.4 Å². The molecule has 2 aromatic carbocycles. The molecule has 0 saturated carbocycles. The molecule has 0 N–H and O–H groups in total. The second kappa shape index (κ2) is 8.53. The van der Waals surface area contributed by atoms with E-state index in [1.54, 1.807) is 41.2 Å². The molecule has 0 aliphatic rings. The molecule has 0 aliphatic carbocycles. The Morgan fingerprint density at radius 1 is 1.07 bits per heavy atom. The summed E-state index contributed by atoms with van der Waals surface area (Å²) < 4.78 is 53.6. The van der Waals surface area contributed by atoms with Crippen LogP contribution in [0.3, 0.4) is 0 Å². The number of rotatable bonds is 7. The van der Waals surface area contributed by atoms with Gasteiger partial charge in [-0.3, -0.25) is 4.31 Å². The number of halogens is 3. The fourth-order valence-corrected chi connectivity index (χ4v) is 3.97. The molecule has 0 atom stereocenters. The van der Waals surface area contributed by atoms with Crippen molar-refractivity contribution in [2.75, 3.05) is 18.5 Å². The zero-order chi connectivity index (χ0) is 19.4. The van der Waals surface area contributed by atoms with Crippen LogP contribution in [0.25, 0.3) is 0 Å². The lowest BCUT2D eigenvalue weighted by Crippen LogP contribution is -2.15. The number of ether oxygens (including phenoxy) is 2. The van der Waals surface area contributed by atoms with Crippen molar-refractivity contribution in [1.82, 2.24) is 4.98 Å². The molecule has 0 saturated heterocycles. The fraction of sp³-hybridized carbons (Fsp3) is 0.167. The molecular formula is C18H15F3N2O2S2. The topological polar surface area (TPSA) is 34.6 Å². The lowest BCUT2D eigenvalue weighted by atomic mass is 10.2. The average Bonchev–Trinajstić information content (AvgIpc) is 3.18. The van der Waals surface area contributed by atoms with Crippen LogP contribution in [0.5, 0.6) is 11.5 Å². The van der Waals surface area contributed by atoms with Crippen molar-refractivity contribution in [2.24, 2.45) is 0 Å². The first-order chi connectivity index (χ1) is 13.0. The maximum atomic E-state index is 14.1. The molecule has 1 heterocycles. The van der Waals surface area contributed by atoms with Crippen LogP contribution in [0.4, 0.5) is 18.3 Å². The van der Waals surface area contributed by atoms with E-state index in [1.807, 2.05) is 0 Å². The predicted octanol–water partition coefficient (Wildman–Crippen LogP) is 5.29. The van der Waals surface area contributed by atoms with Crippen molar-refractivity contribution >= 4 is 28.4 Å². The Hall–Kier alpha value is -2.39. The van der Waals surface area contributed by atoms with Gasteiger partial charge in [0.05, 0.1) is 20.8 Å². The monoisotopic (exact) mass is 412 g/mol. The van der Waals surface area contributed by atoms with Crippen molar-refractivity contribution in [3.8, 4) is 11.5 Å². The van der Waals surface area contributed by atoms with E-state index in [2.05, 4.69) is 4.98 Å². The van der Waals surface area contributed by atoms with Gasteiger partial charge in [0.25, 0.3) is 0 Å². The minimum Gasteiger partial charge on any atom is -0.497 e. The van der Waals surface area contributed by atoms with Crippen LogP contribution in [0, 0.1) is 17.5 Å². The van der Waals surface area contributed by atoms with Crippen LogP contribution in [-0.2, 0) is 6.54 Å². The molecule has 0 bridgehead atoms. The maximum Gasteiger partial charge on any atom is 0.195 e. The lowest BCUT2D eigenvalue weighted by Gasteiger charge is -2.22. The molecule has 1 aromatic heterocycles. The standard InChI is InChI=1S/C18H15F3N2O2S2/c1-24-13-4-3-11(16(9-13)25-2)10-23(18-22-5-6-26-18)27-17-14(20)7-12(19)8-15(17)21/h3-9H,10H2,1-2H3. The van der Waals surface area contributed by atoms with E-state index in [4.69, 9.17) is 9.47 Å². The number of methoxy groups -OCH3 is 2. The molecule has 0 radical (unpaired) electrons. The van der Waals surface area contributed by atoms with Gasteiger partial charge in [0.2, 0.25) is 0 Å². The summed E-state index contributed by atoms with van der Waals surface area (Å²) in [6, 6.07) is 6.59. The minimum atomic E-state index is -0.972. The van der Waals surface area contributed by atoms with Crippen LogP contribution in [0.2, 0.25) is 0 Å². The van der Waals surface area contributed by atoms with E-state index >= 15 is 0 Å². The van der Waals surface area contributed by atoms with Gasteiger partial charge in [-0.1, -0.05) is 0 Å². The van der Waals surface area contributed by atoms with Gasteiger partial charge in [-0.2, -0.15) is 0 Å². The summed E-state index contributed by atoms with van der Waals surface area (Å²) in [5.41, 5.74) is 0.768. The van der Waals surface area contributed by atoms with Gasteiger partial charge in [0.1, 0.15) is 33.8 Å². The molecule has 0 aliphatic heterocycles. The average molecular weight is 412 g/mol. The van der Waals surface area contributed by atoms with E-state index in [-0.39, 0.29) is 11.4 Å². The Labute approximate surface area is 162 Å². The van der Waals surface area contributed by atoms with Crippen molar-refractivity contribution in [3.05, 3.63) is 64.9 Å². The Kier molecular flexibility index (Phi) is 6.12. The maximum absolute atomic E-state index is 14.1. The molecule has 4 nitrogen and oxygen atoms in total. The van der Waals surface area contributed by atoms with Gasteiger partial charge in [-0.15, -0.1) is 11.3 Å². The van der Waals surface area contributed by atoms with Crippen molar-refractivity contribution in [1.29, 1.82) is 0 Å². The van der Waals surface area contributed by atoms with E-state index in [0.29, 0.717) is 28.8 Å². The number of aromatic nitrogens is 1. The summed E-state index contributed by atoms with van der Waals surface area (Å²) in [6.07, 6.45) is 1.59. The first kappa shape index (κ1) is 19.4. The zero-order valence-electron chi connectivity index (χ0n) is 14.4. The molecule has 3 rings (SSSR count). The third kappa shape index (κ3) is 4.48. The summed E-state index contributed by atoms with van der Waals surface area (Å²) in [7, 11) is 3.07. The summed E-state index contributed by atoms with van der Waals surface area (Å²) >= 11 is 2.13. The van der Waals surface area contributed by atoms with Crippen LogP contribution >= 0.6 is 23.3 Å². The van der Waals surface area contributed by atoms with Gasteiger partial charge in [-0.05, 0) is 24.1 Å². The summed E-state index contributed by atoms with van der Waals surface area (Å²) in [6.45, 7) is 0.252. The van der Waals surface area contributed by atoms with Crippen LogP contribution in [0.1, 0.15) is 5.56 Å². The third-order valence-electron chi connectivity index (χ3n) is 3.61. The smallest absolute Gasteiger partial charge is 0.195 e. The van der Waals surface area contributed by atoms with E-state index in [9.17, 15) is 13.2 Å². The van der Waals surface area contributed by atoms with E-state index < -0.39 is 17.5 Å². The second-order valence-electron chi connectivity index (χ2n) is 5.32. The quantitative estimate of drug-likeness (QED) is 0.493. The van der Waals surface area contributed by atoms with Crippen LogP contribution in [0.15, 0.2) is 46.8 Å². The first-order valence-electron chi connectivity index (χ1n) is 7.72. The second-order valence-corrected chi connectivity index (χ2v) is 7.22. The number of anilines is 1. The molecule has 3 aromatic rings. The lowest BCUT2D eigenvalue weighted by molar-refractivity contribution is 0.391. The van der Waals surface area contributed by atoms with E-state index in [1.165, 1.54) is 18.4 Å². The number of hydrogen-bond acceptors (Lipinski definition) is 6. The Morgan fingerprint density at radius 3 is 2.41 bits per heavy atom.